The van der Waals surface area contributed by atoms with Gasteiger partial charge >= 0.3 is 6.18 Å². The van der Waals surface area contributed by atoms with Crippen molar-refractivity contribution in [3.63, 3.8) is 0 Å². The maximum Gasteiger partial charge on any atom is 0.416 e. The molecule has 33 heavy (non-hydrogen) atoms. The first kappa shape index (κ1) is 22.6. The first-order valence-electron chi connectivity index (χ1n) is 10.7. The summed E-state index contributed by atoms with van der Waals surface area (Å²) >= 11 is 0. The zero-order valence-electron chi connectivity index (χ0n) is 17.8. The van der Waals surface area contributed by atoms with Crippen molar-refractivity contribution >= 4 is 17.2 Å². The summed E-state index contributed by atoms with van der Waals surface area (Å²) in [4.78, 5) is 16.8. The number of nitrogens with zero attached hydrogens (tertiary/aromatic N) is 3. The summed E-state index contributed by atoms with van der Waals surface area (Å²) in [5.74, 6) is 0.430. The Balaban J connectivity index is 1.42. The van der Waals surface area contributed by atoms with E-state index >= 15 is 0 Å². The summed E-state index contributed by atoms with van der Waals surface area (Å²) in [6, 6.07) is 12.1. The summed E-state index contributed by atoms with van der Waals surface area (Å²) in [5.41, 5.74) is 2.00. The maximum absolute atomic E-state index is 13.0. The fourth-order valence-corrected chi connectivity index (χ4v) is 3.78. The van der Waals surface area contributed by atoms with E-state index in [0.717, 1.165) is 30.5 Å². The maximum atomic E-state index is 13.0. The Bertz CT molecular complexity index is 1110. The van der Waals surface area contributed by atoms with Gasteiger partial charge in [-0.25, -0.2) is 9.67 Å². The quantitative estimate of drug-likeness (QED) is 0.521. The lowest BCUT2D eigenvalue weighted by Crippen LogP contribution is -2.18. The van der Waals surface area contributed by atoms with Crippen LogP contribution in [0.1, 0.15) is 36.8 Å². The van der Waals surface area contributed by atoms with Crippen molar-refractivity contribution in [3.8, 4) is 5.75 Å². The van der Waals surface area contributed by atoms with Crippen LogP contribution < -0.4 is 10.1 Å². The number of ether oxygens (including phenoxy) is 1. The molecule has 1 aliphatic carbocycles. The molecule has 1 amide bonds. The van der Waals surface area contributed by atoms with Gasteiger partial charge in [-0.15, -0.1) is 0 Å². The van der Waals surface area contributed by atoms with Crippen molar-refractivity contribution in [2.24, 2.45) is 0 Å². The van der Waals surface area contributed by atoms with E-state index in [0.29, 0.717) is 48.6 Å². The summed E-state index contributed by atoms with van der Waals surface area (Å²) < 4.78 is 46.0. The smallest absolute Gasteiger partial charge is 0.416 e. The highest BCUT2D eigenvalue weighted by atomic mass is 19.4. The van der Waals surface area contributed by atoms with Gasteiger partial charge in [0.15, 0.2) is 0 Å². The second kappa shape index (κ2) is 9.89. The average Bonchev–Trinajstić information content (AvgIpc) is 3.33. The van der Waals surface area contributed by atoms with Crippen molar-refractivity contribution in [2.45, 2.75) is 38.4 Å². The van der Waals surface area contributed by atoms with Crippen molar-refractivity contribution in [2.75, 3.05) is 11.9 Å². The molecule has 2 aromatic carbocycles. The Morgan fingerprint density at radius 2 is 1.76 bits per heavy atom. The van der Waals surface area contributed by atoms with E-state index in [1.54, 1.807) is 35.3 Å². The van der Waals surface area contributed by atoms with Crippen LogP contribution in [0.4, 0.5) is 18.9 Å². The number of alkyl halides is 3. The minimum absolute atomic E-state index is 0.232. The largest absolute Gasteiger partial charge is 0.492 e. The van der Waals surface area contributed by atoms with Crippen LogP contribution in [0.5, 0.6) is 5.75 Å². The predicted octanol–water partition coefficient (Wildman–Crippen LogP) is 5.34. The third kappa shape index (κ3) is 5.79. The van der Waals surface area contributed by atoms with E-state index in [1.807, 2.05) is 0 Å². The fraction of sp³-hybridized carbons (Fsp3) is 0.292. The number of anilines is 1. The zero-order chi connectivity index (χ0) is 23.3. The molecule has 0 saturated carbocycles. The van der Waals surface area contributed by atoms with Crippen LogP contribution in [0, 0.1) is 0 Å². The molecule has 0 saturated heterocycles. The predicted molar refractivity (Wildman–Crippen MR) is 117 cm³/mol. The SMILES string of the molecule is O=C(Nc1ccc(OCCn2cncn2)cc1)C1=C(c2ccc(C(F)(F)F)cc2)CCCC1. The van der Waals surface area contributed by atoms with Crippen LogP contribution in [0.25, 0.3) is 5.57 Å². The van der Waals surface area contributed by atoms with E-state index in [-0.39, 0.29) is 5.91 Å². The first-order chi connectivity index (χ1) is 15.9. The summed E-state index contributed by atoms with van der Waals surface area (Å²) in [6.07, 6.45) is 1.70. The number of hydrogen-bond acceptors (Lipinski definition) is 4. The minimum Gasteiger partial charge on any atom is -0.492 e. The van der Waals surface area contributed by atoms with Crippen LogP contribution in [0.3, 0.4) is 0 Å². The average molecular weight is 456 g/mol. The molecule has 4 rings (SSSR count). The Morgan fingerprint density at radius 3 is 2.42 bits per heavy atom. The van der Waals surface area contributed by atoms with Gasteiger partial charge in [-0.2, -0.15) is 18.3 Å². The third-order valence-electron chi connectivity index (χ3n) is 5.47. The molecule has 9 heteroatoms. The number of hydrogen-bond donors (Lipinski definition) is 1. The molecule has 0 fully saturated rings. The first-order valence-corrected chi connectivity index (χ1v) is 10.7. The molecule has 1 aromatic heterocycles. The third-order valence-corrected chi connectivity index (χ3v) is 5.47. The van der Waals surface area contributed by atoms with Crippen molar-refractivity contribution in [1.29, 1.82) is 0 Å². The molecule has 6 nitrogen and oxygen atoms in total. The number of aromatic nitrogens is 3. The highest BCUT2D eigenvalue weighted by molar-refractivity contribution is 6.09. The van der Waals surface area contributed by atoms with E-state index in [9.17, 15) is 18.0 Å². The number of carbonyl (C=O) groups excluding carboxylic acids is 1. The number of allylic oxidation sites excluding steroid dienone is 1. The van der Waals surface area contributed by atoms with Gasteiger partial charge < -0.3 is 10.1 Å². The fourth-order valence-electron chi connectivity index (χ4n) is 3.78. The van der Waals surface area contributed by atoms with Crippen LogP contribution in [-0.2, 0) is 17.5 Å². The summed E-state index contributed by atoms with van der Waals surface area (Å²) in [7, 11) is 0. The van der Waals surface area contributed by atoms with E-state index < -0.39 is 11.7 Å². The normalized spacial score (nSPS) is 14.3. The monoisotopic (exact) mass is 456 g/mol. The molecule has 172 valence electrons. The number of rotatable bonds is 7. The van der Waals surface area contributed by atoms with E-state index in [1.165, 1.54) is 18.5 Å². The molecule has 0 radical (unpaired) electrons. The number of halogens is 3. The molecule has 0 aliphatic heterocycles. The van der Waals surface area contributed by atoms with Crippen LogP contribution in [-0.4, -0.2) is 27.3 Å². The van der Waals surface area contributed by atoms with Crippen molar-refractivity contribution in [1.82, 2.24) is 14.8 Å². The van der Waals surface area contributed by atoms with Crippen LogP contribution in [0.2, 0.25) is 0 Å². The molecule has 3 aromatic rings. The summed E-state index contributed by atoms with van der Waals surface area (Å²) in [6.45, 7) is 0.998. The lowest BCUT2D eigenvalue weighted by molar-refractivity contribution is -0.137. The molecule has 1 heterocycles. The molecule has 0 atom stereocenters. The van der Waals surface area contributed by atoms with Gasteiger partial charge in [0.05, 0.1) is 12.1 Å². The van der Waals surface area contributed by atoms with E-state index in [4.69, 9.17) is 4.74 Å². The van der Waals surface area contributed by atoms with Gasteiger partial charge in [-0.1, -0.05) is 12.1 Å². The van der Waals surface area contributed by atoms with Crippen molar-refractivity contribution in [3.05, 3.63) is 77.9 Å². The minimum atomic E-state index is -4.38. The van der Waals surface area contributed by atoms with Gasteiger partial charge in [0.2, 0.25) is 0 Å². The molecule has 0 spiro atoms. The Hall–Kier alpha value is -3.62. The van der Waals surface area contributed by atoms with Gasteiger partial charge in [0.25, 0.3) is 5.91 Å². The second-order valence-corrected chi connectivity index (χ2v) is 7.72. The number of nitrogens with one attached hydrogen (secondary N) is 1. The van der Waals surface area contributed by atoms with Crippen molar-refractivity contribution < 1.29 is 22.7 Å². The Morgan fingerprint density at radius 1 is 1.03 bits per heavy atom. The highest BCUT2D eigenvalue weighted by Gasteiger charge is 2.30. The standard InChI is InChI=1S/C24H23F3N4O2/c25-24(26,27)18-7-5-17(6-8-18)21-3-1-2-4-22(21)23(32)30-19-9-11-20(12-10-19)33-14-13-31-16-28-15-29-31/h5-12,15-16H,1-4,13-14H2,(H,30,32). The summed E-state index contributed by atoms with van der Waals surface area (Å²) in [5, 5.41) is 6.90. The molecule has 1 aliphatic rings. The molecule has 0 unspecified atom stereocenters. The molecular weight excluding hydrogens is 433 g/mol. The van der Waals surface area contributed by atoms with E-state index in [2.05, 4.69) is 15.4 Å². The number of carbonyl (C=O) groups is 1. The lowest BCUT2D eigenvalue weighted by atomic mass is 9.86. The molecular formula is C24H23F3N4O2. The highest BCUT2D eigenvalue weighted by Crippen LogP contribution is 2.35. The van der Waals surface area contributed by atoms with Gasteiger partial charge in [-0.3, -0.25) is 4.79 Å². The van der Waals surface area contributed by atoms with Gasteiger partial charge in [0, 0.05) is 11.3 Å². The molecule has 0 bridgehead atoms. The van der Waals surface area contributed by atoms with Gasteiger partial charge in [0.1, 0.15) is 25.0 Å². The number of amides is 1. The van der Waals surface area contributed by atoms with Crippen LogP contribution in [0.15, 0.2) is 66.8 Å². The Kier molecular flexibility index (Phi) is 6.76. The molecule has 1 N–H and O–H groups in total. The van der Waals surface area contributed by atoms with Crippen LogP contribution >= 0.6 is 0 Å². The number of benzene rings is 2. The topological polar surface area (TPSA) is 69.0 Å². The Labute approximate surface area is 189 Å². The second-order valence-electron chi connectivity index (χ2n) is 7.72. The van der Waals surface area contributed by atoms with Gasteiger partial charge in [-0.05, 0) is 73.2 Å². The zero-order valence-corrected chi connectivity index (χ0v) is 17.8. The lowest BCUT2D eigenvalue weighted by Gasteiger charge is -2.21.